The summed E-state index contributed by atoms with van der Waals surface area (Å²) >= 11 is 0. The number of methoxy groups -OCH3 is 1. The van der Waals surface area contributed by atoms with Gasteiger partial charge in [-0.05, 0) is 23.8 Å². The first-order valence-electron chi connectivity index (χ1n) is 8.86. The third kappa shape index (κ3) is 3.42. The zero-order chi connectivity index (χ0) is 19.5. The Morgan fingerprint density at radius 1 is 1.00 bits per heavy atom. The Labute approximate surface area is 162 Å². The lowest BCUT2D eigenvalue weighted by atomic mass is 10.0. The van der Waals surface area contributed by atoms with Crippen LogP contribution >= 0.6 is 0 Å². The minimum absolute atomic E-state index is 0.0203. The van der Waals surface area contributed by atoms with Gasteiger partial charge in [-0.25, -0.2) is 0 Å². The average Bonchev–Trinajstić information content (AvgIpc) is 3.03. The number of anilines is 1. The molecule has 2 N–H and O–H groups in total. The van der Waals surface area contributed by atoms with Gasteiger partial charge in [0.25, 0.3) is 5.91 Å². The van der Waals surface area contributed by atoms with E-state index in [0.29, 0.717) is 29.2 Å². The van der Waals surface area contributed by atoms with E-state index in [1.54, 1.807) is 18.2 Å². The monoisotopic (exact) mass is 373 g/mol. The first-order valence-corrected chi connectivity index (χ1v) is 8.86. The van der Waals surface area contributed by atoms with E-state index in [-0.39, 0.29) is 11.7 Å². The standard InChI is InChI=1S/C23H19NO4/c1-27-22-13-21(28-14-15-7-3-2-4-8-15)16(12-20(22)25)11-18-17-9-5-6-10-19(17)24-23(18)26/h2-13,25H,14H2,1H3,(H,24,26)/b18-11+. The van der Waals surface area contributed by atoms with E-state index < -0.39 is 0 Å². The third-order valence-electron chi connectivity index (χ3n) is 4.56. The number of para-hydroxylation sites is 1. The van der Waals surface area contributed by atoms with Gasteiger partial charge in [0.15, 0.2) is 11.5 Å². The smallest absolute Gasteiger partial charge is 0.256 e. The van der Waals surface area contributed by atoms with Crippen molar-refractivity contribution in [3.05, 3.63) is 83.4 Å². The number of carbonyl (C=O) groups excluding carboxylic acids is 1. The van der Waals surface area contributed by atoms with Gasteiger partial charge >= 0.3 is 0 Å². The van der Waals surface area contributed by atoms with E-state index in [4.69, 9.17) is 9.47 Å². The van der Waals surface area contributed by atoms with Gasteiger partial charge in [0, 0.05) is 28.5 Å². The molecule has 0 saturated heterocycles. The van der Waals surface area contributed by atoms with Crippen molar-refractivity contribution in [1.29, 1.82) is 0 Å². The molecule has 0 aliphatic carbocycles. The van der Waals surface area contributed by atoms with Crippen LogP contribution in [0.2, 0.25) is 0 Å². The van der Waals surface area contributed by atoms with Crippen molar-refractivity contribution in [2.75, 3.05) is 12.4 Å². The number of amides is 1. The summed E-state index contributed by atoms with van der Waals surface area (Å²) < 4.78 is 11.2. The lowest BCUT2D eigenvalue weighted by molar-refractivity contribution is -0.110. The van der Waals surface area contributed by atoms with Crippen molar-refractivity contribution in [3.8, 4) is 17.2 Å². The third-order valence-corrected chi connectivity index (χ3v) is 4.56. The van der Waals surface area contributed by atoms with Crippen LogP contribution < -0.4 is 14.8 Å². The van der Waals surface area contributed by atoms with E-state index in [2.05, 4.69) is 5.32 Å². The molecule has 0 aromatic heterocycles. The van der Waals surface area contributed by atoms with Crippen molar-refractivity contribution < 1.29 is 19.4 Å². The Kier molecular flexibility index (Phi) is 4.72. The summed E-state index contributed by atoms with van der Waals surface area (Å²) in [6.45, 7) is 0.355. The topological polar surface area (TPSA) is 67.8 Å². The molecule has 4 rings (SSSR count). The molecule has 0 atom stereocenters. The number of phenolic OH excluding ortho intramolecular Hbond substituents is 1. The average molecular weight is 373 g/mol. The van der Waals surface area contributed by atoms with E-state index in [0.717, 1.165) is 16.8 Å². The summed E-state index contributed by atoms with van der Waals surface area (Å²) in [6, 6.07) is 20.4. The van der Waals surface area contributed by atoms with Crippen LogP contribution in [0.15, 0.2) is 66.7 Å². The molecule has 3 aromatic carbocycles. The maximum Gasteiger partial charge on any atom is 0.256 e. The molecule has 5 heteroatoms. The zero-order valence-electron chi connectivity index (χ0n) is 15.3. The fraction of sp³-hybridized carbons (Fsp3) is 0.0870. The van der Waals surface area contributed by atoms with E-state index in [1.165, 1.54) is 7.11 Å². The van der Waals surface area contributed by atoms with Crippen LogP contribution in [-0.4, -0.2) is 18.1 Å². The number of rotatable bonds is 5. The number of phenols is 1. The molecule has 1 heterocycles. The molecule has 1 amide bonds. The molecule has 3 aromatic rings. The molecule has 1 aliphatic heterocycles. The van der Waals surface area contributed by atoms with Crippen molar-refractivity contribution in [3.63, 3.8) is 0 Å². The zero-order valence-corrected chi connectivity index (χ0v) is 15.3. The largest absolute Gasteiger partial charge is 0.504 e. The highest BCUT2D eigenvalue weighted by Crippen LogP contribution is 2.38. The summed E-state index contributed by atoms with van der Waals surface area (Å²) in [5, 5.41) is 13.1. The summed E-state index contributed by atoms with van der Waals surface area (Å²) in [4.78, 5) is 12.4. The van der Waals surface area contributed by atoms with Crippen molar-refractivity contribution in [2.24, 2.45) is 0 Å². The molecule has 0 spiro atoms. The highest BCUT2D eigenvalue weighted by molar-refractivity contribution is 6.35. The highest BCUT2D eigenvalue weighted by Gasteiger charge is 2.24. The second-order valence-corrected chi connectivity index (χ2v) is 6.39. The quantitative estimate of drug-likeness (QED) is 0.648. The minimum atomic E-state index is -0.189. The molecule has 0 unspecified atom stereocenters. The number of hydrogen-bond donors (Lipinski definition) is 2. The van der Waals surface area contributed by atoms with Crippen molar-refractivity contribution in [1.82, 2.24) is 0 Å². The Morgan fingerprint density at radius 3 is 2.54 bits per heavy atom. The molecule has 0 fully saturated rings. The van der Waals surface area contributed by atoms with Gasteiger partial charge in [0.1, 0.15) is 12.4 Å². The van der Waals surface area contributed by atoms with Gasteiger partial charge in [0.2, 0.25) is 0 Å². The maximum atomic E-state index is 12.4. The highest BCUT2D eigenvalue weighted by atomic mass is 16.5. The molecule has 0 radical (unpaired) electrons. The second kappa shape index (κ2) is 7.48. The van der Waals surface area contributed by atoms with Gasteiger partial charge in [-0.2, -0.15) is 0 Å². The van der Waals surface area contributed by atoms with Crippen LogP contribution in [0.25, 0.3) is 11.6 Å². The predicted octanol–water partition coefficient (Wildman–Crippen LogP) is 4.47. The summed E-state index contributed by atoms with van der Waals surface area (Å²) in [5.74, 6) is 0.614. The van der Waals surface area contributed by atoms with Gasteiger partial charge < -0.3 is 19.9 Å². The molecule has 140 valence electrons. The Balaban J connectivity index is 1.73. The van der Waals surface area contributed by atoms with Crippen LogP contribution in [0, 0.1) is 0 Å². The summed E-state index contributed by atoms with van der Waals surface area (Å²) in [5.41, 5.74) is 3.71. The van der Waals surface area contributed by atoms with E-state index in [1.807, 2.05) is 54.6 Å². The van der Waals surface area contributed by atoms with Crippen LogP contribution in [0.3, 0.4) is 0 Å². The first kappa shape index (κ1) is 17.7. The van der Waals surface area contributed by atoms with Crippen LogP contribution in [0.4, 0.5) is 5.69 Å². The van der Waals surface area contributed by atoms with Gasteiger partial charge in [0.05, 0.1) is 7.11 Å². The summed E-state index contributed by atoms with van der Waals surface area (Å²) in [6.07, 6.45) is 1.72. The number of nitrogens with one attached hydrogen (secondary N) is 1. The fourth-order valence-corrected chi connectivity index (χ4v) is 3.14. The molecule has 5 nitrogen and oxygen atoms in total. The molecule has 0 bridgehead atoms. The number of hydrogen-bond acceptors (Lipinski definition) is 4. The number of aromatic hydroxyl groups is 1. The first-order chi connectivity index (χ1) is 13.7. The molecule has 28 heavy (non-hydrogen) atoms. The van der Waals surface area contributed by atoms with Gasteiger partial charge in [-0.1, -0.05) is 48.5 Å². The SMILES string of the molecule is COc1cc(OCc2ccccc2)c(/C=C2/C(=O)Nc3ccccc32)cc1O. The molecular weight excluding hydrogens is 354 g/mol. The number of benzene rings is 3. The normalized spacial score (nSPS) is 13.9. The van der Waals surface area contributed by atoms with Crippen molar-refractivity contribution in [2.45, 2.75) is 6.61 Å². The molecule has 0 saturated carbocycles. The van der Waals surface area contributed by atoms with Gasteiger partial charge in [-0.3, -0.25) is 4.79 Å². The number of carbonyl (C=O) groups is 1. The Bertz CT molecular complexity index is 1060. The van der Waals surface area contributed by atoms with Crippen LogP contribution in [0.5, 0.6) is 17.2 Å². The van der Waals surface area contributed by atoms with E-state index in [9.17, 15) is 9.90 Å². The van der Waals surface area contributed by atoms with Gasteiger partial charge in [-0.15, -0.1) is 0 Å². The predicted molar refractivity (Wildman–Crippen MR) is 108 cm³/mol. The number of ether oxygens (including phenoxy) is 2. The van der Waals surface area contributed by atoms with Crippen LogP contribution in [0.1, 0.15) is 16.7 Å². The molecule has 1 aliphatic rings. The lowest BCUT2D eigenvalue weighted by Crippen LogP contribution is -2.04. The summed E-state index contributed by atoms with van der Waals surface area (Å²) in [7, 11) is 1.48. The maximum absolute atomic E-state index is 12.4. The number of fused-ring (bicyclic) bond motifs is 1. The van der Waals surface area contributed by atoms with Crippen molar-refractivity contribution >= 4 is 23.2 Å². The minimum Gasteiger partial charge on any atom is -0.504 e. The lowest BCUT2D eigenvalue weighted by Gasteiger charge is -2.13. The van der Waals surface area contributed by atoms with Crippen LogP contribution in [-0.2, 0) is 11.4 Å². The Morgan fingerprint density at radius 2 is 1.75 bits per heavy atom. The van der Waals surface area contributed by atoms with E-state index >= 15 is 0 Å². The fourth-order valence-electron chi connectivity index (χ4n) is 3.14. The molecular formula is C23H19NO4. The second-order valence-electron chi connectivity index (χ2n) is 6.39. The Hall–Kier alpha value is -3.73.